The number of hydrogen-bond acceptors (Lipinski definition) is 7. The summed E-state index contributed by atoms with van der Waals surface area (Å²) in [5, 5.41) is 2.50. The Balaban J connectivity index is 1.66. The number of aromatic nitrogens is 3. The third kappa shape index (κ3) is 6.36. The highest BCUT2D eigenvalue weighted by atomic mass is 19.3. The van der Waals surface area contributed by atoms with Gasteiger partial charge in [0.25, 0.3) is 11.5 Å². The van der Waals surface area contributed by atoms with E-state index >= 15 is 8.78 Å². The third-order valence-electron chi connectivity index (χ3n) is 7.69. The molecule has 2 aromatic carbocycles. The molecular formula is C31H32F4N6O4. The molecule has 238 valence electrons. The van der Waals surface area contributed by atoms with Crippen molar-refractivity contribution in [2.75, 3.05) is 50.6 Å². The standard InChI is InChI=1S/C31H32F4N6O4/c1-5-18-8-11-24(40-14-12-38(2)13-15-40)36-28(18)41-30(43)26(37-29(42)19-6-9-20(10-7-19)45-31(34)35)27(39(41)3)25-22(32)16-21(44-4)17-23(25)33/h6-11,16-17,31H,5,12-15H2,1-4H3,(H,37,42). The number of amides is 1. The van der Waals surface area contributed by atoms with Crippen molar-refractivity contribution < 1.29 is 31.8 Å². The molecule has 0 radical (unpaired) electrons. The number of nitrogens with one attached hydrogen (secondary N) is 1. The maximum atomic E-state index is 15.5. The highest BCUT2D eigenvalue weighted by Crippen LogP contribution is 2.35. The molecule has 14 heteroatoms. The zero-order valence-electron chi connectivity index (χ0n) is 25.1. The summed E-state index contributed by atoms with van der Waals surface area (Å²) in [5.41, 5.74) is -1.35. The molecule has 3 heterocycles. The Labute approximate surface area is 256 Å². The van der Waals surface area contributed by atoms with Crippen molar-refractivity contribution in [2.45, 2.75) is 20.0 Å². The van der Waals surface area contributed by atoms with Gasteiger partial charge in [0, 0.05) is 50.9 Å². The predicted molar refractivity (Wildman–Crippen MR) is 161 cm³/mol. The van der Waals surface area contributed by atoms with E-state index < -0.39 is 41.0 Å². The average molecular weight is 629 g/mol. The number of rotatable bonds is 9. The van der Waals surface area contributed by atoms with Gasteiger partial charge in [-0.05, 0) is 49.4 Å². The number of piperazine rings is 1. The summed E-state index contributed by atoms with van der Waals surface area (Å²) in [6.45, 7) is 1.90. The molecule has 10 nitrogen and oxygen atoms in total. The summed E-state index contributed by atoms with van der Waals surface area (Å²) in [6, 6.07) is 10.4. The smallest absolute Gasteiger partial charge is 0.387 e. The van der Waals surface area contributed by atoms with E-state index in [0.717, 1.165) is 37.4 Å². The van der Waals surface area contributed by atoms with Crippen LogP contribution in [-0.4, -0.2) is 72.1 Å². The number of carbonyl (C=O) groups excluding carboxylic acids is 1. The molecule has 1 aliphatic rings. The zero-order chi connectivity index (χ0) is 32.4. The maximum absolute atomic E-state index is 15.5. The number of hydrogen-bond donors (Lipinski definition) is 1. The molecule has 1 amide bonds. The van der Waals surface area contributed by atoms with E-state index in [9.17, 15) is 18.4 Å². The van der Waals surface area contributed by atoms with Gasteiger partial charge in [0.05, 0.1) is 12.7 Å². The van der Waals surface area contributed by atoms with Crippen LogP contribution in [0, 0.1) is 11.6 Å². The van der Waals surface area contributed by atoms with Gasteiger partial charge < -0.3 is 24.6 Å². The first-order valence-corrected chi connectivity index (χ1v) is 14.2. The van der Waals surface area contributed by atoms with Gasteiger partial charge in [0.2, 0.25) is 0 Å². The van der Waals surface area contributed by atoms with Crippen LogP contribution in [-0.2, 0) is 13.5 Å². The summed E-state index contributed by atoms with van der Waals surface area (Å²) in [6.07, 6.45) is 0.484. The lowest BCUT2D eigenvalue weighted by molar-refractivity contribution is -0.0498. The molecule has 1 aliphatic heterocycles. The number of ether oxygens (including phenoxy) is 2. The summed E-state index contributed by atoms with van der Waals surface area (Å²) in [7, 11) is 4.73. The molecule has 0 spiro atoms. The van der Waals surface area contributed by atoms with E-state index in [0.29, 0.717) is 30.9 Å². The Morgan fingerprint density at radius 1 is 0.978 bits per heavy atom. The summed E-state index contributed by atoms with van der Waals surface area (Å²) < 4.78 is 68.0. The quantitative estimate of drug-likeness (QED) is 0.269. The molecule has 0 bridgehead atoms. The van der Waals surface area contributed by atoms with Crippen molar-refractivity contribution in [2.24, 2.45) is 7.05 Å². The second kappa shape index (κ2) is 13.0. The van der Waals surface area contributed by atoms with Crippen molar-refractivity contribution in [3.05, 3.63) is 81.6 Å². The largest absolute Gasteiger partial charge is 0.497 e. The molecule has 0 saturated carbocycles. The van der Waals surface area contributed by atoms with Crippen LogP contribution in [0.4, 0.5) is 29.1 Å². The van der Waals surface area contributed by atoms with Gasteiger partial charge in [-0.3, -0.25) is 14.3 Å². The normalized spacial score (nSPS) is 13.8. The molecule has 45 heavy (non-hydrogen) atoms. The van der Waals surface area contributed by atoms with Gasteiger partial charge >= 0.3 is 6.61 Å². The second-order valence-corrected chi connectivity index (χ2v) is 10.5. The Morgan fingerprint density at radius 3 is 2.20 bits per heavy atom. The number of pyridine rings is 1. The first kappa shape index (κ1) is 31.6. The molecule has 0 aliphatic carbocycles. The van der Waals surface area contributed by atoms with E-state index in [1.807, 2.05) is 26.1 Å². The van der Waals surface area contributed by atoms with Crippen LogP contribution in [0.3, 0.4) is 0 Å². The predicted octanol–water partition coefficient (Wildman–Crippen LogP) is 4.69. The Hall–Kier alpha value is -4.85. The fraction of sp³-hybridized carbons (Fsp3) is 0.323. The van der Waals surface area contributed by atoms with Crippen molar-refractivity contribution >= 4 is 17.4 Å². The maximum Gasteiger partial charge on any atom is 0.387 e. The van der Waals surface area contributed by atoms with Crippen LogP contribution in [0.15, 0.2) is 53.3 Å². The number of anilines is 2. The lowest BCUT2D eigenvalue weighted by atomic mass is 10.1. The van der Waals surface area contributed by atoms with Crippen LogP contribution < -0.4 is 25.2 Å². The van der Waals surface area contributed by atoms with Gasteiger partial charge in [0.1, 0.15) is 40.3 Å². The highest BCUT2D eigenvalue weighted by Gasteiger charge is 2.29. The molecule has 1 fully saturated rings. The molecule has 0 atom stereocenters. The third-order valence-corrected chi connectivity index (χ3v) is 7.69. The van der Waals surface area contributed by atoms with Crippen molar-refractivity contribution in [1.29, 1.82) is 0 Å². The minimum Gasteiger partial charge on any atom is -0.497 e. The van der Waals surface area contributed by atoms with E-state index in [2.05, 4.69) is 19.9 Å². The van der Waals surface area contributed by atoms with Gasteiger partial charge in [-0.25, -0.2) is 13.8 Å². The molecule has 2 aromatic heterocycles. The second-order valence-electron chi connectivity index (χ2n) is 10.5. The Bertz CT molecular complexity index is 1740. The summed E-state index contributed by atoms with van der Waals surface area (Å²) in [5.74, 6) is -2.26. The summed E-state index contributed by atoms with van der Waals surface area (Å²) in [4.78, 5) is 36.6. The highest BCUT2D eigenvalue weighted by molar-refractivity contribution is 6.06. The fourth-order valence-corrected chi connectivity index (χ4v) is 5.25. The number of carbonyl (C=O) groups is 1. The molecule has 1 saturated heterocycles. The number of benzene rings is 2. The average Bonchev–Trinajstić information content (AvgIpc) is 3.24. The minimum absolute atomic E-state index is 0.0162. The van der Waals surface area contributed by atoms with Crippen molar-refractivity contribution in [3.63, 3.8) is 0 Å². The SMILES string of the molecule is CCc1ccc(N2CCN(C)CC2)nc1-n1c(=O)c(NC(=O)c2ccc(OC(F)F)cc2)c(-c2c(F)cc(OC)cc2F)n1C. The van der Waals surface area contributed by atoms with Gasteiger partial charge in [-0.2, -0.15) is 13.5 Å². The molecule has 4 aromatic rings. The van der Waals surface area contributed by atoms with Gasteiger partial charge in [-0.1, -0.05) is 13.0 Å². The Kier molecular flexibility index (Phi) is 9.14. The number of halogens is 4. The number of likely N-dealkylation sites (N-methyl/N-ethyl adjacent to an activating group) is 1. The van der Waals surface area contributed by atoms with Crippen LogP contribution >= 0.6 is 0 Å². The van der Waals surface area contributed by atoms with Crippen LogP contribution in [0.25, 0.3) is 17.1 Å². The molecular weight excluding hydrogens is 596 g/mol. The topological polar surface area (TPSA) is 93.9 Å². The van der Waals surface area contributed by atoms with E-state index in [-0.39, 0.29) is 28.6 Å². The minimum atomic E-state index is -3.05. The van der Waals surface area contributed by atoms with E-state index in [1.54, 1.807) is 0 Å². The number of alkyl halides is 2. The Morgan fingerprint density at radius 2 is 1.62 bits per heavy atom. The van der Waals surface area contributed by atoms with E-state index in [4.69, 9.17) is 9.72 Å². The lowest BCUT2D eigenvalue weighted by Crippen LogP contribution is -2.45. The molecule has 0 unspecified atom stereocenters. The first-order chi connectivity index (χ1) is 21.5. The van der Waals surface area contributed by atoms with E-state index in [1.165, 1.54) is 35.7 Å². The monoisotopic (exact) mass is 628 g/mol. The molecule has 1 N–H and O–H groups in total. The van der Waals surface area contributed by atoms with Crippen LogP contribution in [0.2, 0.25) is 0 Å². The number of nitrogens with zero attached hydrogens (tertiary/aromatic N) is 5. The zero-order valence-corrected chi connectivity index (χ0v) is 25.1. The van der Waals surface area contributed by atoms with Gasteiger partial charge in [-0.15, -0.1) is 0 Å². The van der Waals surface area contributed by atoms with Crippen LogP contribution in [0.1, 0.15) is 22.8 Å². The number of aryl methyl sites for hydroxylation is 1. The fourth-order valence-electron chi connectivity index (χ4n) is 5.25. The number of methoxy groups -OCH3 is 1. The molecule has 5 rings (SSSR count). The summed E-state index contributed by atoms with van der Waals surface area (Å²) >= 11 is 0. The first-order valence-electron chi connectivity index (χ1n) is 14.2. The van der Waals surface area contributed by atoms with Gasteiger partial charge in [0.15, 0.2) is 5.82 Å². The lowest BCUT2D eigenvalue weighted by Gasteiger charge is -2.33. The van der Waals surface area contributed by atoms with Crippen molar-refractivity contribution in [3.8, 4) is 28.6 Å². The van der Waals surface area contributed by atoms with Crippen LogP contribution in [0.5, 0.6) is 11.5 Å². The van der Waals surface area contributed by atoms with Crippen molar-refractivity contribution in [1.82, 2.24) is 19.2 Å².